The predicted octanol–water partition coefficient (Wildman–Crippen LogP) is 0.599. The molecule has 0 bridgehead atoms. The minimum absolute atomic E-state index is 0.185. The summed E-state index contributed by atoms with van der Waals surface area (Å²) in [5, 5.41) is 9.42. The van der Waals surface area contributed by atoms with Crippen molar-refractivity contribution in [3.63, 3.8) is 0 Å². The molecule has 0 aliphatic carbocycles. The van der Waals surface area contributed by atoms with Crippen molar-refractivity contribution in [2.75, 3.05) is 19.6 Å². The van der Waals surface area contributed by atoms with Gasteiger partial charge in [-0.1, -0.05) is 30.3 Å². The van der Waals surface area contributed by atoms with Crippen LogP contribution in [-0.4, -0.2) is 47.6 Å². The summed E-state index contributed by atoms with van der Waals surface area (Å²) in [5.74, 6) is -1.33. The number of hydrogen-bond acceptors (Lipinski definition) is 4. The van der Waals surface area contributed by atoms with Crippen LogP contribution in [0.3, 0.4) is 0 Å². The van der Waals surface area contributed by atoms with Gasteiger partial charge in [-0.25, -0.2) is 4.79 Å². The monoisotopic (exact) mass is 307 g/mol. The first-order chi connectivity index (χ1) is 10.6. The van der Waals surface area contributed by atoms with E-state index >= 15 is 0 Å². The zero-order valence-corrected chi connectivity index (χ0v) is 12.8. The van der Waals surface area contributed by atoms with Crippen molar-refractivity contribution in [1.29, 1.82) is 0 Å². The molecule has 1 atom stereocenters. The fraction of sp³-hybridized carbons (Fsp3) is 0.500. The Labute approximate surface area is 131 Å². The third-order valence-corrected chi connectivity index (χ3v) is 3.57. The van der Waals surface area contributed by atoms with Crippen LogP contribution in [0, 0.1) is 0 Å². The molecule has 0 aliphatic heterocycles. The van der Waals surface area contributed by atoms with Gasteiger partial charge in [-0.05, 0) is 37.8 Å². The van der Waals surface area contributed by atoms with Gasteiger partial charge in [0.2, 0.25) is 5.91 Å². The van der Waals surface area contributed by atoms with Crippen molar-refractivity contribution in [3.05, 3.63) is 35.9 Å². The lowest BCUT2D eigenvalue weighted by Gasteiger charge is -2.29. The molecule has 0 aromatic heterocycles. The van der Waals surface area contributed by atoms with E-state index in [1.165, 1.54) is 4.90 Å². The standard InChI is InChI=1S/C16H25N3O3/c17-10-5-4-8-14(16(21)22)19(15(20)12-18)11-9-13-6-2-1-3-7-13/h1-3,6-7,14H,4-5,8-12,17-18H2,(H,21,22)/t14-/m0/s1. The lowest BCUT2D eigenvalue weighted by Crippen LogP contribution is -2.48. The third-order valence-electron chi connectivity index (χ3n) is 3.57. The van der Waals surface area contributed by atoms with Crippen LogP contribution in [0.15, 0.2) is 30.3 Å². The molecule has 0 heterocycles. The SMILES string of the molecule is NCCCC[C@@H](C(=O)O)N(CCc1ccccc1)C(=O)CN. The molecule has 6 nitrogen and oxygen atoms in total. The van der Waals surface area contributed by atoms with E-state index in [0.29, 0.717) is 32.4 Å². The van der Waals surface area contributed by atoms with E-state index in [1.807, 2.05) is 30.3 Å². The fourth-order valence-corrected chi connectivity index (χ4v) is 2.36. The largest absolute Gasteiger partial charge is 0.480 e. The number of nitrogens with two attached hydrogens (primary N) is 2. The maximum absolute atomic E-state index is 12.0. The van der Waals surface area contributed by atoms with Gasteiger partial charge in [0, 0.05) is 6.54 Å². The third kappa shape index (κ3) is 5.83. The van der Waals surface area contributed by atoms with E-state index in [0.717, 1.165) is 12.0 Å². The van der Waals surface area contributed by atoms with Crippen LogP contribution in [0.4, 0.5) is 0 Å². The van der Waals surface area contributed by atoms with E-state index in [2.05, 4.69) is 0 Å². The fourth-order valence-electron chi connectivity index (χ4n) is 2.36. The molecule has 0 spiro atoms. The maximum Gasteiger partial charge on any atom is 0.326 e. The van der Waals surface area contributed by atoms with Gasteiger partial charge in [0.1, 0.15) is 6.04 Å². The number of hydrogen-bond donors (Lipinski definition) is 3. The highest BCUT2D eigenvalue weighted by molar-refractivity contribution is 5.84. The number of carbonyl (C=O) groups excluding carboxylic acids is 1. The number of rotatable bonds is 10. The summed E-state index contributed by atoms with van der Waals surface area (Å²) >= 11 is 0. The quantitative estimate of drug-likeness (QED) is 0.548. The van der Waals surface area contributed by atoms with E-state index in [-0.39, 0.29) is 12.5 Å². The molecule has 1 amide bonds. The number of benzene rings is 1. The predicted molar refractivity (Wildman–Crippen MR) is 85.2 cm³/mol. The first-order valence-electron chi connectivity index (χ1n) is 7.56. The van der Waals surface area contributed by atoms with Crippen molar-refractivity contribution < 1.29 is 14.7 Å². The Morgan fingerprint density at radius 2 is 1.82 bits per heavy atom. The van der Waals surface area contributed by atoms with E-state index in [1.54, 1.807) is 0 Å². The number of nitrogens with zero attached hydrogens (tertiary/aromatic N) is 1. The Morgan fingerprint density at radius 3 is 2.36 bits per heavy atom. The first-order valence-corrected chi connectivity index (χ1v) is 7.56. The van der Waals surface area contributed by atoms with Crippen LogP contribution in [0.25, 0.3) is 0 Å². The summed E-state index contributed by atoms with van der Waals surface area (Å²) < 4.78 is 0. The Balaban J connectivity index is 2.75. The average molecular weight is 307 g/mol. The van der Waals surface area contributed by atoms with Crippen molar-refractivity contribution in [2.45, 2.75) is 31.7 Å². The molecule has 1 aromatic rings. The van der Waals surface area contributed by atoms with E-state index < -0.39 is 12.0 Å². The Hall–Kier alpha value is -1.92. The van der Waals surface area contributed by atoms with Crippen molar-refractivity contribution >= 4 is 11.9 Å². The summed E-state index contributed by atoms with van der Waals surface area (Å²) in [6.45, 7) is 0.677. The first kappa shape index (κ1) is 18.1. The minimum Gasteiger partial charge on any atom is -0.480 e. The summed E-state index contributed by atoms with van der Waals surface area (Å²) in [6, 6.07) is 8.82. The number of amides is 1. The molecule has 1 rings (SSSR count). The summed E-state index contributed by atoms with van der Waals surface area (Å²) in [4.78, 5) is 24.9. The van der Waals surface area contributed by atoms with Gasteiger partial charge in [-0.3, -0.25) is 4.79 Å². The van der Waals surface area contributed by atoms with E-state index in [4.69, 9.17) is 11.5 Å². The molecule has 6 heteroatoms. The van der Waals surface area contributed by atoms with Gasteiger partial charge in [-0.15, -0.1) is 0 Å². The van der Waals surface area contributed by atoms with E-state index in [9.17, 15) is 14.7 Å². The normalized spacial score (nSPS) is 11.9. The second-order valence-electron chi connectivity index (χ2n) is 5.17. The van der Waals surface area contributed by atoms with Crippen LogP contribution < -0.4 is 11.5 Å². The molecule has 0 saturated carbocycles. The summed E-state index contributed by atoms with van der Waals surface area (Å²) in [5.41, 5.74) is 11.9. The van der Waals surface area contributed by atoms with Crippen molar-refractivity contribution in [2.24, 2.45) is 11.5 Å². The lowest BCUT2D eigenvalue weighted by molar-refractivity contribution is -0.150. The molecule has 0 saturated heterocycles. The van der Waals surface area contributed by atoms with Gasteiger partial charge in [0.15, 0.2) is 0 Å². The number of carboxylic acids is 1. The van der Waals surface area contributed by atoms with Crippen LogP contribution in [0.5, 0.6) is 0 Å². The summed E-state index contributed by atoms with van der Waals surface area (Å²) in [6.07, 6.45) is 2.42. The van der Waals surface area contributed by atoms with Crippen LogP contribution in [0.1, 0.15) is 24.8 Å². The highest BCUT2D eigenvalue weighted by Gasteiger charge is 2.28. The zero-order valence-electron chi connectivity index (χ0n) is 12.8. The molecule has 122 valence electrons. The van der Waals surface area contributed by atoms with Crippen LogP contribution >= 0.6 is 0 Å². The van der Waals surface area contributed by atoms with Crippen molar-refractivity contribution in [1.82, 2.24) is 4.90 Å². The molecule has 5 N–H and O–H groups in total. The maximum atomic E-state index is 12.0. The highest BCUT2D eigenvalue weighted by atomic mass is 16.4. The molecular formula is C16H25N3O3. The molecule has 0 radical (unpaired) electrons. The molecule has 22 heavy (non-hydrogen) atoms. The lowest BCUT2D eigenvalue weighted by atomic mass is 10.1. The Morgan fingerprint density at radius 1 is 1.14 bits per heavy atom. The number of carbonyl (C=O) groups is 2. The highest BCUT2D eigenvalue weighted by Crippen LogP contribution is 2.12. The van der Waals surface area contributed by atoms with Crippen molar-refractivity contribution in [3.8, 4) is 0 Å². The topological polar surface area (TPSA) is 110 Å². The van der Waals surface area contributed by atoms with Gasteiger partial charge < -0.3 is 21.5 Å². The zero-order chi connectivity index (χ0) is 16.4. The Bertz CT molecular complexity index is 465. The Kier molecular flexibility index (Phi) is 8.17. The molecule has 0 fully saturated rings. The van der Waals surface area contributed by atoms with Gasteiger partial charge in [0.25, 0.3) is 0 Å². The van der Waals surface area contributed by atoms with Gasteiger partial charge in [-0.2, -0.15) is 0 Å². The molecule has 1 aromatic carbocycles. The molecule has 0 unspecified atom stereocenters. The average Bonchev–Trinajstić information content (AvgIpc) is 2.53. The molecular weight excluding hydrogens is 282 g/mol. The number of carboxylic acid groups (broad SMARTS) is 1. The van der Waals surface area contributed by atoms with Crippen LogP contribution in [-0.2, 0) is 16.0 Å². The smallest absolute Gasteiger partial charge is 0.326 e. The van der Waals surface area contributed by atoms with Crippen LogP contribution in [0.2, 0.25) is 0 Å². The number of unbranched alkanes of at least 4 members (excludes halogenated alkanes) is 1. The second kappa shape index (κ2) is 9.92. The second-order valence-corrected chi connectivity index (χ2v) is 5.17. The summed E-state index contributed by atoms with van der Waals surface area (Å²) in [7, 11) is 0. The minimum atomic E-state index is -0.994. The molecule has 0 aliphatic rings. The van der Waals surface area contributed by atoms with Gasteiger partial charge >= 0.3 is 5.97 Å². The van der Waals surface area contributed by atoms with Gasteiger partial charge in [0.05, 0.1) is 6.54 Å². The number of aliphatic carboxylic acids is 1.